The second-order valence-corrected chi connectivity index (χ2v) is 3.64. The summed E-state index contributed by atoms with van der Waals surface area (Å²) in [6.45, 7) is 1.66. The summed E-state index contributed by atoms with van der Waals surface area (Å²) >= 11 is 0. The Bertz CT molecular complexity index is 346. The van der Waals surface area contributed by atoms with Crippen molar-refractivity contribution in [1.82, 2.24) is 14.9 Å². The summed E-state index contributed by atoms with van der Waals surface area (Å²) in [5.74, 6) is -0.453. The highest BCUT2D eigenvalue weighted by Gasteiger charge is 2.29. The molecule has 6 nitrogen and oxygen atoms in total. The Morgan fingerprint density at radius 1 is 1.73 bits per heavy atom. The van der Waals surface area contributed by atoms with Crippen LogP contribution in [0, 0.1) is 0 Å². The number of hydrogen-bond donors (Lipinski definition) is 3. The topological polar surface area (TPSA) is 87.4 Å². The number of hydrogen-bond acceptors (Lipinski definition) is 4. The highest BCUT2D eigenvalue weighted by atomic mass is 16.4. The molecule has 0 spiro atoms. The number of imidazole rings is 1. The van der Waals surface area contributed by atoms with E-state index in [1.807, 2.05) is 11.6 Å². The molecule has 15 heavy (non-hydrogen) atoms. The van der Waals surface area contributed by atoms with Crippen LogP contribution >= 0.6 is 0 Å². The summed E-state index contributed by atoms with van der Waals surface area (Å²) < 4.78 is 1.82. The molecule has 1 unspecified atom stereocenters. The van der Waals surface area contributed by atoms with E-state index in [0.29, 0.717) is 6.54 Å². The smallest absolute Gasteiger partial charge is 0.336 e. The lowest BCUT2D eigenvalue weighted by molar-refractivity contribution is -0.156. The number of aliphatic carboxylic acids is 1. The van der Waals surface area contributed by atoms with Crippen LogP contribution < -0.4 is 5.32 Å². The van der Waals surface area contributed by atoms with Crippen molar-refractivity contribution in [1.29, 1.82) is 0 Å². The van der Waals surface area contributed by atoms with Crippen molar-refractivity contribution in [3.8, 4) is 0 Å². The molecule has 0 saturated carbocycles. The number of aliphatic hydroxyl groups is 1. The first-order valence-electron chi connectivity index (χ1n) is 4.56. The largest absolute Gasteiger partial charge is 0.479 e. The molecule has 1 rings (SSSR count). The molecule has 0 aromatic carbocycles. The molecule has 0 bridgehead atoms. The maximum Gasteiger partial charge on any atom is 0.336 e. The molecule has 0 amide bonds. The van der Waals surface area contributed by atoms with Gasteiger partial charge >= 0.3 is 5.97 Å². The second-order valence-electron chi connectivity index (χ2n) is 3.64. The zero-order chi connectivity index (χ0) is 11.5. The summed E-state index contributed by atoms with van der Waals surface area (Å²) in [6, 6.07) is 0. The van der Waals surface area contributed by atoms with Gasteiger partial charge in [-0.1, -0.05) is 0 Å². The van der Waals surface area contributed by atoms with E-state index in [1.165, 1.54) is 6.92 Å². The van der Waals surface area contributed by atoms with Crippen LogP contribution in [-0.4, -0.2) is 37.9 Å². The zero-order valence-corrected chi connectivity index (χ0v) is 8.77. The highest BCUT2D eigenvalue weighted by Crippen LogP contribution is 2.01. The fourth-order valence-corrected chi connectivity index (χ4v) is 1.06. The van der Waals surface area contributed by atoms with Crippen LogP contribution in [0.2, 0.25) is 0 Å². The first-order chi connectivity index (χ1) is 6.93. The van der Waals surface area contributed by atoms with E-state index in [0.717, 1.165) is 5.82 Å². The van der Waals surface area contributed by atoms with E-state index in [9.17, 15) is 9.90 Å². The highest BCUT2D eigenvalue weighted by molar-refractivity contribution is 5.76. The molecule has 3 N–H and O–H groups in total. The Hall–Kier alpha value is -1.40. The van der Waals surface area contributed by atoms with Gasteiger partial charge in [-0.3, -0.25) is 0 Å². The standard InChI is InChI=1S/C9H15N3O3/c1-9(15,8(13)14)6-10-5-7-11-3-4-12(7)2/h3-4,10,15H,5-6H2,1-2H3,(H,13,14). The molecule has 0 radical (unpaired) electrons. The molecule has 1 atom stereocenters. The lowest BCUT2D eigenvalue weighted by atomic mass is 10.1. The SMILES string of the molecule is Cn1ccnc1CNCC(C)(O)C(=O)O. The van der Waals surface area contributed by atoms with Crippen LogP contribution in [-0.2, 0) is 18.4 Å². The van der Waals surface area contributed by atoms with Gasteiger partial charge in [0.25, 0.3) is 0 Å². The van der Waals surface area contributed by atoms with Gasteiger partial charge in [0.15, 0.2) is 5.60 Å². The number of nitrogens with one attached hydrogen (secondary N) is 1. The third-order valence-electron chi connectivity index (χ3n) is 2.13. The maximum absolute atomic E-state index is 10.6. The van der Waals surface area contributed by atoms with Crippen LogP contribution in [0.5, 0.6) is 0 Å². The van der Waals surface area contributed by atoms with Gasteiger partial charge in [0.2, 0.25) is 0 Å². The fourth-order valence-electron chi connectivity index (χ4n) is 1.06. The molecular weight excluding hydrogens is 198 g/mol. The second kappa shape index (κ2) is 4.41. The Kier molecular flexibility index (Phi) is 3.43. The van der Waals surface area contributed by atoms with Gasteiger partial charge in [0.1, 0.15) is 5.82 Å². The van der Waals surface area contributed by atoms with Gasteiger partial charge < -0.3 is 20.1 Å². The number of nitrogens with zero attached hydrogens (tertiary/aromatic N) is 2. The van der Waals surface area contributed by atoms with Crippen LogP contribution in [0.15, 0.2) is 12.4 Å². The van der Waals surface area contributed by atoms with Crippen molar-refractivity contribution in [2.24, 2.45) is 7.05 Å². The average Bonchev–Trinajstić information content (AvgIpc) is 2.51. The first-order valence-corrected chi connectivity index (χ1v) is 4.56. The van der Waals surface area contributed by atoms with Crippen LogP contribution in [0.1, 0.15) is 12.7 Å². The molecule has 84 valence electrons. The summed E-state index contributed by atoms with van der Waals surface area (Å²) in [5.41, 5.74) is -1.74. The Morgan fingerprint density at radius 3 is 2.87 bits per heavy atom. The van der Waals surface area contributed by atoms with E-state index >= 15 is 0 Å². The zero-order valence-electron chi connectivity index (χ0n) is 8.77. The van der Waals surface area contributed by atoms with Crippen LogP contribution in [0.4, 0.5) is 0 Å². The predicted octanol–water partition coefficient (Wildman–Crippen LogP) is -0.655. The van der Waals surface area contributed by atoms with Crippen molar-refractivity contribution >= 4 is 5.97 Å². The van der Waals surface area contributed by atoms with Crippen molar-refractivity contribution in [3.63, 3.8) is 0 Å². The molecule has 0 aliphatic rings. The van der Waals surface area contributed by atoms with Crippen molar-refractivity contribution in [2.75, 3.05) is 6.54 Å². The molecule has 1 aromatic heterocycles. The van der Waals surface area contributed by atoms with E-state index in [-0.39, 0.29) is 6.54 Å². The molecule has 0 fully saturated rings. The predicted molar refractivity (Wildman–Crippen MR) is 53.2 cm³/mol. The Balaban J connectivity index is 2.40. The minimum absolute atomic E-state index is 0.0187. The third-order valence-corrected chi connectivity index (χ3v) is 2.13. The molecule has 1 aromatic rings. The average molecular weight is 213 g/mol. The van der Waals surface area contributed by atoms with Gasteiger partial charge in [0, 0.05) is 26.0 Å². The fraction of sp³-hybridized carbons (Fsp3) is 0.556. The molecule has 6 heteroatoms. The van der Waals surface area contributed by atoms with E-state index < -0.39 is 11.6 Å². The number of carboxylic acid groups (broad SMARTS) is 1. The van der Waals surface area contributed by atoms with Gasteiger partial charge in [0.05, 0.1) is 6.54 Å². The van der Waals surface area contributed by atoms with Gasteiger partial charge in [-0.05, 0) is 6.92 Å². The van der Waals surface area contributed by atoms with Crippen LogP contribution in [0.3, 0.4) is 0 Å². The number of rotatable bonds is 5. The number of aromatic nitrogens is 2. The normalized spacial score (nSPS) is 14.9. The van der Waals surface area contributed by atoms with Gasteiger partial charge in [-0.25, -0.2) is 9.78 Å². The summed E-state index contributed by atoms with van der Waals surface area (Å²) in [4.78, 5) is 14.6. The first kappa shape index (κ1) is 11.7. The molecule has 1 heterocycles. The Morgan fingerprint density at radius 2 is 2.40 bits per heavy atom. The monoisotopic (exact) mass is 213 g/mol. The summed E-state index contributed by atoms with van der Waals surface area (Å²) in [5, 5.41) is 20.9. The Labute approximate surface area is 87.6 Å². The van der Waals surface area contributed by atoms with Crippen molar-refractivity contribution in [3.05, 3.63) is 18.2 Å². The molecule has 0 saturated heterocycles. The minimum atomic E-state index is -1.74. The van der Waals surface area contributed by atoms with Gasteiger partial charge in [-0.15, -0.1) is 0 Å². The van der Waals surface area contributed by atoms with Crippen molar-refractivity contribution in [2.45, 2.75) is 19.1 Å². The van der Waals surface area contributed by atoms with E-state index in [2.05, 4.69) is 10.3 Å². The minimum Gasteiger partial charge on any atom is -0.479 e. The summed E-state index contributed by atoms with van der Waals surface area (Å²) in [7, 11) is 1.85. The molecular formula is C9H15N3O3. The lowest BCUT2D eigenvalue weighted by Crippen LogP contribution is -2.44. The van der Waals surface area contributed by atoms with E-state index in [1.54, 1.807) is 12.4 Å². The lowest BCUT2D eigenvalue weighted by Gasteiger charge is -2.18. The third kappa shape index (κ3) is 3.03. The molecule has 0 aliphatic heterocycles. The quantitative estimate of drug-likeness (QED) is 0.604. The number of carbonyl (C=O) groups is 1. The maximum atomic E-state index is 10.6. The molecule has 0 aliphatic carbocycles. The van der Waals surface area contributed by atoms with Crippen molar-refractivity contribution < 1.29 is 15.0 Å². The van der Waals surface area contributed by atoms with E-state index in [4.69, 9.17) is 5.11 Å². The van der Waals surface area contributed by atoms with Gasteiger partial charge in [-0.2, -0.15) is 0 Å². The number of aryl methyl sites for hydroxylation is 1. The number of carboxylic acids is 1. The van der Waals surface area contributed by atoms with Crippen LogP contribution in [0.25, 0.3) is 0 Å². The summed E-state index contributed by atoms with van der Waals surface area (Å²) in [6.07, 6.45) is 3.46.